The molecule has 1 aliphatic rings. The first-order chi connectivity index (χ1) is 15.6. The van der Waals surface area contributed by atoms with Crippen molar-refractivity contribution >= 4 is 23.5 Å². The van der Waals surface area contributed by atoms with Gasteiger partial charge in [-0.25, -0.2) is 9.97 Å². The Morgan fingerprint density at radius 1 is 1.09 bits per heavy atom. The molecule has 0 saturated carbocycles. The number of ether oxygens (including phenoxy) is 2. The van der Waals surface area contributed by atoms with Gasteiger partial charge in [0.05, 0.1) is 7.11 Å². The highest BCUT2D eigenvalue weighted by Crippen LogP contribution is 2.30. The second-order valence-corrected chi connectivity index (χ2v) is 7.94. The van der Waals surface area contributed by atoms with Crippen molar-refractivity contribution in [3.05, 3.63) is 77.1 Å². The van der Waals surface area contributed by atoms with E-state index in [1.807, 2.05) is 24.3 Å². The molecular weight excluding hydrogens is 428 g/mol. The largest absolute Gasteiger partial charge is 0.493 e. The topological polar surface area (TPSA) is 76.6 Å². The number of carbonyl (C=O) groups excluding carboxylic acids is 1. The first-order valence-electron chi connectivity index (χ1n) is 10.5. The van der Waals surface area contributed by atoms with Crippen molar-refractivity contribution < 1.29 is 14.3 Å². The van der Waals surface area contributed by atoms with Gasteiger partial charge in [0.2, 0.25) is 5.95 Å². The molecule has 7 nitrogen and oxygen atoms in total. The average Bonchev–Trinajstić information content (AvgIpc) is 2.84. The molecule has 8 heteroatoms. The quantitative estimate of drug-likeness (QED) is 0.581. The smallest absolute Gasteiger partial charge is 0.251 e. The van der Waals surface area contributed by atoms with Crippen LogP contribution in [-0.4, -0.2) is 42.1 Å². The Bertz CT molecular complexity index is 1060. The highest BCUT2D eigenvalue weighted by molar-refractivity contribution is 6.31. The fourth-order valence-corrected chi connectivity index (χ4v) is 3.84. The second kappa shape index (κ2) is 10.3. The lowest BCUT2D eigenvalue weighted by atomic mass is 10.0. The molecule has 1 fully saturated rings. The Morgan fingerprint density at radius 3 is 2.56 bits per heavy atom. The molecule has 32 heavy (non-hydrogen) atoms. The Kier molecular flexibility index (Phi) is 7.07. The molecule has 0 atom stereocenters. The van der Waals surface area contributed by atoms with Crippen LogP contribution < -0.4 is 19.7 Å². The number of carbonyl (C=O) groups is 1. The predicted molar refractivity (Wildman–Crippen MR) is 124 cm³/mol. The summed E-state index contributed by atoms with van der Waals surface area (Å²) >= 11 is 6.19. The lowest BCUT2D eigenvalue weighted by molar-refractivity contribution is 0.0930. The number of hydrogen-bond acceptors (Lipinski definition) is 6. The van der Waals surface area contributed by atoms with Gasteiger partial charge in [0, 0.05) is 47.7 Å². The van der Waals surface area contributed by atoms with E-state index in [9.17, 15) is 4.79 Å². The van der Waals surface area contributed by atoms with Crippen LogP contribution in [0.1, 0.15) is 28.8 Å². The summed E-state index contributed by atoms with van der Waals surface area (Å²) < 4.78 is 11.3. The summed E-state index contributed by atoms with van der Waals surface area (Å²) in [5.41, 5.74) is 1.41. The summed E-state index contributed by atoms with van der Waals surface area (Å²) in [7, 11) is 1.56. The summed E-state index contributed by atoms with van der Waals surface area (Å²) in [6, 6.07) is 14.6. The van der Waals surface area contributed by atoms with Crippen LogP contribution in [0.2, 0.25) is 5.02 Å². The molecule has 4 rings (SSSR count). The van der Waals surface area contributed by atoms with Crippen molar-refractivity contribution in [2.45, 2.75) is 25.5 Å². The Labute approximate surface area is 192 Å². The van der Waals surface area contributed by atoms with E-state index in [1.165, 1.54) is 0 Å². The molecule has 1 aliphatic heterocycles. The van der Waals surface area contributed by atoms with E-state index in [1.54, 1.807) is 43.8 Å². The SMILES string of the molecule is COc1cc(C(=O)NC2CCN(c3ncccn3)CC2)ccc1OCc1ccccc1Cl. The minimum absolute atomic E-state index is 0.101. The maximum Gasteiger partial charge on any atom is 0.251 e. The van der Waals surface area contributed by atoms with Gasteiger partial charge in [-0.05, 0) is 43.2 Å². The van der Waals surface area contributed by atoms with Gasteiger partial charge < -0.3 is 19.7 Å². The number of benzene rings is 2. The Morgan fingerprint density at radius 2 is 1.84 bits per heavy atom. The zero-order chi connectivity index (χ0) is 22.3. The number of rotatable bonds is 7. The van der Waals surface area contributed by atoms with Crippen molar-refractivity contribution in [1.82, 2.24) is 15.3 Å². The highest BCUT2D eigenvalue weighted by atomic mass is 35.5. The first-order valence-corrected chi connectivity index (χ1v) is 10.9. The second-order valence-electron chi connectivity index (χ2n) is 7.53. The van der Waals surface area contributed by atoms with Crippen molar-refractivity contribution in [3.63, 3.8) is 0 Å². The van der Waals surface area contributed by atoms with Crippen LogP contribution in [0.3, 0.4) is 0 Å². The maximum atomic E-state index is 12.8. The van der Waals surface area contributed by atoms with Crippen LogP contribution in [0.25, 0.3) is 0 Å². The molecule has 2 aromatic carbocycles. The van der Waals surface area contributed by atoms with Gasteiger partial charge in [-0.15, -0.1) is 0 Å². The van der Waals surface area contributed by atoms with Gasteiger partial charge in [-0.1, -0.05) is 29.8 Å². The third-order valence-corrected chi connectivity index (χ3v) is 5.80. The molecule has 0 bridgehead atoms. The standard InChI is InChI=1S/C24H25ClN4O3/c1-31-22-15-17(7-8-21(22)32-16-18-5-2-3-6-20(18)25)23(30)28-19-9-13-29(14-10-19)24-26-11-4-12-27-24/h2-8,11-12,15,19H,9-10,13-14,16H2,1H3,(H,28,30). The molecule has 0 spiro atoms. The summed E-state index contributed by atoms with van der Waals surface area (Å²) in [6.45, 7) is 1.91. The van der Waals surface area contributed by atoms with Gasteiger partial charge in [0.15, 0.2) is 11.5 Å². The first kappa shape index (κ1) is 21.9. The Balaban J connectivity index is 1.34. The molecule has 0 aliphatic carbocycles. The summed E-state index contributed by atoms with van der Waals surface area (Å²) in [5, 5.41) is 3.77. The molecular formula is C24H25ClN4O3. The Hall–Kier alpha value is -3.32. The number of halogens is 1. The van der Waals surface area contributed by atoms with E-state index in [-0.39, 0.29) is 11.9 Å². The molecule has 1 aromatic heterocycles. The van der Waals surface area contributed by atoms with Gasteiger partial charge >= 0.3 is 0 Å². The van der Waals surface area contributed by atoms with Gasteiger partial charge in [0.1, 0.15) is 6.61 Å². The van der Waals surface area contributed by atoms with Gasteiger partial charge in [-0.2, -0.15) is 0 Å². The number of amides is 1. The van der Waals surface area contributed by atoms with Gasteiger partial charge in [0.25, 0.3) is 5.91 Å². The fraction of sp³-hybridized carbons (Fsp3) is 0.292. The third-order valence-electron chi connectivity index (χ3n) is 5.43. The fourth-order valence-electron chi connectivity index (χ4n) is 3.65. The summed E-state index contributed by atoms with van der Waals surface area (Å²) in [5.74, 6) is 1.66. The van der Waals surface area contributed by atoms with E-state index >= 15 is 0 Å². The van der Waals surface area contributed by atoms with E-state index in [2.05, 4.69) is 20.2 Å². The number of methoxy groups -OCH3 is 1. The molecule has 3 aromatic rings. The van der Waals surface area contributed by atoms with Crippen LogP contribution in [0.4, 0.5) is 5.95 Å². The van der Waals surface area contributed by atoms with E-state index in [0.29, 0.717) is 28.7 Å². The minimum Gasteiger partial charge on any atom is -0.493 e. The van der Waals surface area contributed by atoms with Crippen molar-refractivity contribution in [1.29, 1.82) is 0 Å². The zero-order valence-corrected chi connectivity index (χ0v) is 18.6. The average molecular weight is 453 g/mol. The van der Waals surface area contributed by atoms with E-state index in [0.717, 1.165) is 37.4 Å². The summed E-state index contributed by atoms with van der Waals surface area (Å²) in [4.78, 5) is 23.5. The number of piperidine rings is 1. The number of nitrogens with zero attached hydrogens (tertiary/aromatic N) is 3. The molecule has 1 saturated heterocycles. The predicted octanol–water partition coefficient (Wildman–Crippen LogP) is 4.12. The van der Waals surface area contributed by atoms with Crippen LogP contribution in [0.15, 0.2) is 60.9 Å². The molecule has 1 N–H and O–H groups in total. The maximum absolute atomic E-state index is 12.8. The van der Waals surface area contributed by atoms with Crippen molar-refractivity contribution in [3.8, 4) is 11.5 Å². The third kappa shape index (κ3) is 5.29. The molecule has 2 heterocycles. The van der Waals surface area contributed by atoms with Crippen LogP contribution in [0, 0.1) is 0 Å². The molecule has 1 amide bonds. The highest BCUT2D eigenvalue weighted by Gasteiger charge is 2.23. The number of nitrogens with one attached hydrogen (secondary N) is 1. The monoisotopic (exact) mass is 452 g/mol. The molecule has 0 radical (unpaired) electrons. The number of anilines is 1. The minimum atomic E-state index is -0.129. The van der Waals surface area contributed by atoms with Crippen molar-refractivity contribution in [2.24, 2.45) is 0 Å². The normalized spacial score (nSPS) is 14.1. The van der Waals surface area contributed by atoms with Gasteiger partial charge in [-0.3, -0.25) is 4.79 Å². The van der Waals surface area contributed by atoms with Crippen LogP contribution in [-0.2, 0) is 6.61 Å². The number of aromatic nitrogens is 2. The molecule has 0 unspecified atom stereocenters. The molecule has 166 valence electrons. The van der Waals surface area contributed by atoms with E-state index < -0.39 is 0 Å². The van der Waals surface area contributed by atoms with Crippen molar-refractivity contribution in [2.75, 3.05) is 25.1 Å². The zero-order valence-electron chi connectivity index (χ0n) is 17.8. The van der Waals surface area contributed by atoms with E-state index in [4.69, 9.17) is 21.1 Å². The number of hydrogen-bond donors (Lipinski definition) is 1. The van der Waals surface area contributed by atoms with Crippen LogP contribution in [0.5, 0.6) is 11.5 Å². The summed E-state index contributed by atoms with van der Waals surface area (Å²) in [6.07, 6.45) is 5.15. The lowest BCUT2D eigenvalue weighted by Crippen LogP contribution is -2.45. The lowest BCUT2D eigenvalue weighted by Gasteiger charge is -2.32. The van der Waals surface area contributed by atoms with Crippen LogP contribution >= 0.6 is 11.6 Å².